The first-order valence-corrected chi connectivity index (χ1v) is 6.15. The molecule has 1 amide bonds. The van der Waals surface area contributed by atoms with Gasteiger partial charge in [-0.2, -0.15) is 0 Å². The van der Waals surface area contributed by atoms with Crippen molar-refractivity contribution in [3.63, 3.8) is 0 Å². The van der Waals surface area contributed by atoms with Crippen LogP contribution in [0.3, 0.4) is 0 Å². The molecule has 4 nitrogen and oxygen atoms in total. The first kappa shape index (κ1) is 13.4. The minimum Gasteiger partial charge on any atom is -0.355 e. The minimum absolute atomic E-state index is 0.174. The van der Waals surface area contributed by atoms with E-state index in [4.69, 9.17) is 11.6 Å². The highest BCUT2D eigenvalue weighted by Gasteiger charge is 2.07. The Kier molecular flexibility index (Phi) is 4.02. The van der Waals surface area contributed by atoms with Crippen molar-refractivity contribution in [1.82, 2.24) is 9.88 Å². The Labute approximate surface area is 115 Å². The van der Waals surface area contributed by atoms with Gasteiger partial charge < -0.3 is 9.88 Å². The van der Waals surface area contributed by atoms with Crippen molar-refractivity contribution < 1.29 is 4.79 Å². The van der Waals surface area contributed by atoms with Crippen LogP contribution in [0, 0.1) is 0 Å². The Hall–Kier alpha value is -2.07. The second-order valence-electron chi connectivity index (χ2n) is 4.05. The van der Waals surface area contributed by atoms with Gasteiger partial charge in [0.15, 0.2) is 0 Å². The van der Waals surface area contributed by atoms with Crippen molar-refractivity contribution in [2.24, 2.45) is 0 Å². The number of nitrogens with one attached hydrogen (secondary N) is 1. The van der Waals surface area contributed by atoms with Gasteiger partial charge in [-0.1, -0.05) is 29.8 Å². The summed E-state index contributed by atoms with van der Waals surface area (Å²) in [5, 5.41) is 3.12. The molecule has 0 bridgehead atoms. The van der Waals surface area contributed by atoms with Crippen LogP contribution in [0.1, 0.15) is 15.9 Å². The molecule has 2 aromatic rings. The van der Waals surface area contributed by atoms with Gasteiger partial charge in [0.1, 0.15) is 0 Å². The number of amides is 1. The van der Waals surface area contributed by atoms with Crippen LogP contribution in [-0.2, 0) is 6.54 Å². The molecule has 0 fully saturated rings. The first-order chi connectivity index (χ1) is 9.11. The summed E-state index contributed by atoms with van der Waals surface area (Å²) in [4.78, 5) is 23.3. The molecule has 19 heavy (non-hydrogen) atoms. The largest absolute Gasteiger partial charge is 0.355 e. The molecule has 0 aliphatic rings. The van der Waals surface area contributed by atoms with E-state index >= 15 is 0 Å². The summed E-state index contributed by atoms with van der Waals surface area (Å²) in [5.74, 6) is -0.229. The molecule has 2 rings (SSSR count). The third kappa shape index (κ3) is 3.03. The smallest absolute Gasteiger partial charge is 0.252 e. The lowest BCUT2D eigenvalue weighted by Gasteiger charge is -2.09. The molecule has 0 aliphatic carbocycles. The second kappa shape index (κ2) is 5.71. The average Bonchev–Trinajstić information content (AvgIpc) is 2.42. The van der Waals surface area contributed by atoms with Gasteiger partial charge in [0.05, 0.1) is 12.1 Å². The normalized spacial score (nSPS) is 10.2. The number of rotatable bonds is 3. The lowest BCUT2D eigenvalue weighted by molar-refractivity contribution is 0.0962. The van der Waals surface area contributed by atoms with E-state index < -0.39 is 0 Å². The number of benzene rings is 1. The lowest BCUT2D eigenvalue weighted by Crippen LogP contribution is -2.24. The van der Waals surface area contributed by atoms with Crippen molar-refractivity contribution in [3.8, 4) is 0 Å². The van der Waals surface area contributed by atoms with E-state index in [9.17, 15) is 9.59 Å². The van der Waals surface area contributed by atoms with E-state index in [-0.39, 0.29) is 11.5 Å². The molecule has 0 atom stereocenters. The fourth-order valence-corrected chi connectivity index (χ4v) is 1.94. The van der Waals surface area contributed by atoms with E-state index in [1.54, 1.807) is 13.1 Å². The number of carbonyl (C=O) groups excluding carboxylic acids is 1. The number of nitrogens with zero attached hydrogens (tertiary/aromatic N) is 1. The Morgan fingerprint density at radius 3 is 2.68 bits per heavy atom. The zero-order chi connectivity index (χ0) is 13.8. The van der Waals surface area contributed by atoms with E-state index in [0.717, 1.165) is 5.56 Å². The molecule has 0 saturated carbocycles. The van der Waals surface area contributed by atoms with Crippen LogP contribution in [-0.4, -0.2) is 17.5 Å². The number of aromatic nitrogens is 1. The summed E-state index contributed by atoms with van der Waals surface area (Å²) in [6.45, 7) is 0.337. The SMILES string of the molecule is CNC(=O)c1ccc(=O)n(Cc2ccccc2Cl)c1. The summed E-state index contributed by atoms with van der Waals surface area (Å²) < 4.78 is 1.46. The van der Waals surface area contributed by atoms with Gasteiger partial charge in [-0.15, -0.1) is 0 Å². The predicted molar refractivity (Wildman–Crippen MR) is 74.6 cm³/mol. The lowest BCUT2D eigenvalue weighted by atomic mass is 10.2. The standard InChI is InChI=1S/C14H13ClN2O2/c1-16-14(19)11-6-7-13(18)17(9-11)8-10-4-2-3-5-12(10)15/h2-7,9H,8H2,1H3,(H,16,19). The van der Waals surface area contributed by atoms with Gasteiger partial charge in [-0.25, -0.2) is 0 Å². The van der Waals surface area contributed by atoms with Crippen molar-refractivity contribution in [1.29, 1.82) is 0 Å². The van der Waals surface area contributed by atoms with Crippen molar-refractivity contribution in [3.05, 3.63) is 69.1 Å². The van der Waals surface area contributed by atoms with Crippen LogP contribution < -0.4 is 10.9 Å². The van der Waals surface area contributed by atoms with E-state index in [2.05, 4.69) is 5.32 Å². The number of hydrogen-bond acceptors (Lipinski definition) is 2. The molecule has 98 valence electrons. The molecule has 1 heterocycles. The van der Waals surface area contributed by atoms with E-state index in [0.29, 0.717) is 17.1 Å². The fraction of sp³-hybridized carbons (Fsp3) is 0.143. The molecule has 0 spiro atoms. The zero-order valence-corrected chi connectivity index (χ0v) is 11.1. The van der Waals surface area contributed by atoms with Crippen LogP contribution in [0.5, 0.6) is 0 Å². The molecular formula is C14H13ClN2O2. The molecule has 5 heteroatoms. The van der Waals surface area contributed by atoms with E-state index in [1.807, 2.05) is 18.2 Å². The molecule has 1 aromatic carbocycles. The Morgan fingerprint density at radius 1 is 1.26 bits per heavy atom. The number of hydrogen-bond donors (Lipinski definition) is 1. The third-order valence-corrected chi connectivity index (χ3v) is 3.14. The predicted octanol–water partition coefficient (Wildman–Crippen LogP) is 1.91. The monoisotopic (exact) mass is 276 g/mol. The number of pyridine rings is 1. The van der Waals surface area contributed by atoms with Crippen LogP contribution in [0.2, 0.25) is 5.02 Å². The summed E-state index contributed by atoms with van der Waals surface area (Å²) in [7, 11) is 1.55. The van der Waals surface area contributed by atoms with Crippen LogP contribution in [0.25, 0.3) is 0 Å². The highest BCUT2D eigenvalue weighted by molar-refractivity contribution is 6.31. The van der Waals surface area contributed by atoms with Gasteiger partial charge in [-0.3, -0.25) is 9.59 Å². The Morgan fingerprint density at radius 2 is 2.00 bits per heavy atom. The molecule has 0 saturated heterocycles. The maximum absolute atomic E-state index is 11.8. The fourth-order valence-electron chi connectivity index (χ4n) is 1.74. The summed E-state index contributed by atoms with van der Waals surface area (Å²) in [6.07, 6.45) is 1.53. The molecular weight excluding hydrogens is 264 g/mol. The van der Waals surface area contributed by atoms with Crippen LogP contribution in [0.15, 0.2) is 47.4 Å². The second-order valence-corrected chi connectivity index (χ2v) is 4.46. The van der Waals surface area contributed by atoms with E-state index in [1.165, 1.54) is 22.9 Å². The maximum Gasteiger partial charge on any atom is 0.252 e. The van der Waals surface area contributed by atoms with Crippen molar-refractivity contribution in [2.45, 2.75) is 6.54 Å². The minimum atomic E-state index is -0.229. The molecule has 0 unspecified atom stereocenters. The van der Waals surface area contributed by atoms with Crippen LogP contribution >= 0.6 is 11.6 Å². The third-order valence-electron chi connectivity index (χ3n) is 2.77. The topological polar surface area (TPSA) is 51.1 Å². The molecule has 1 aromatic heterocycles. The maximum atomic E-state index is 11.8. The highest BCUT2D eigenvalue weighted by atomic mass is 35.5. The highest BCUT2D eigenvalue weighted by Crippen LogP contribution is 2.15. The van der Waals surface area contributed by atoms with Crippen LogP contribution in [0.4, 0.5) is 0 Å². The molecule has 0 radical (unpaired) electrons. The summed E-state index contributed by atoms with van der Waals surface area (Å²) in [5.41, 5.74) is 1.10. The zero-order valence-electron chi connectivity index (χ0n) is 10.4. The van der Waals surface area contributed by atoms with Crippen molar-refractivity contribution in [2.75, 3.05) is 7.05 Å². The molecule has 0 aliphatic heterocycles. The molecule has 1 N–H and O–H groups in total. The number of halogens is 1. The Balaban J connectivity index is 2.37. The summed E-state index contributed by atoms with van der Waals surface area (Å²) in [6, 6.07) is 10.2. The average molecular weight is 277 g/mol. The number of carbonyl (C=O) groups is 1. The van der Waals surface area contributed by atoms with Gasteiger partial charge in [-0.05, 0) is 17.7 Å². The van der Waals surface area contributed by atoms with Gasteiger partial charge in [0, 0.05) is 24.3 Å². The van der Waals surface area contributed by atoms with Gasteiger partial charge in [0.25, 0.3) is 11.5 Å². The van der Waals surface area contributed by atoms with Gasteiger partial charge >= 0.3 is 0 Å². The van der Waals surface area contributed by atoms with Gasteiger partial charge in [0.2, 0.25) is 0 Å². The quantitative estimate of drug-likeness (QED) is 0.931. The first-order valence-electron chi connectivity index (χ1n) is 5.78. The summed E-state index contributed by atoms with van der Waals surface area (Å²) >= 11 is 6.06. The van der Waals surface area contributed by atoms with Crippen molar-refractivity contribution >= 4 is 17.5 Å². The Bertz CT molecular complexity index is 664.